The fourth-order valence-electron chi connectivity index (χ4n) is 1.53. The van der Waals surface area contributed by atoms with Crippen molar-refractivity contribution < 1.29 is 9.90 Å². The number of nitrogens with one attached hydrogen (secondary N) is 1. The van der Waals surface area contributed by atoms with Gasteiger partial charge in [0, 0.05) is 24.5 Å². The molecule has 1 rings (SSSR count). The normalized spacial score (nSPS) is 22.8. The van der Waals surface area contributed by atoms with Crippen LogP contribution in [-0.4, -0.2) is 29.7 Å². The highest BCUT2D eigenvalue weighted by Crippen LogP contribution is 2.25. The molecule has 1 heterocycles. The monoisotopic (exact) mass is 172 g/mol. The van der Waals surface area contributed by atoms with Gasteiger partial charge in [-0.25, -0.2) is 0 Å². The van der Waals surface area contributed by atoms with E-state index in [9.17, 15) is 4.79 Å². The van der Waals surface area contributed by atoms with E-state index < -0.39 is 11.5 Å². The highest BCUT2D eigenvalue weighted by Gasteiger charge is 2.38. The summed E-state index contributed by atoms with van der Waals surface area (Å²) in [6, 6.07) is 0. The average molecular weight is 172 g/mol. The molecule has 1 unspecified atom stereocenters. The second kappa shape index (κ2) is 3.41. The Labute approximate surface area is 72.1 Å². The highest BCUT2D eigenvalue weighted by atomic mass is 16.4. The van der Waals surface area contributed by atoms with E-state index in [0.29, 0.717) is 5.92 Å². The van der Waals surface area contributed by atoms with Crippen molar-refractivity contribution in [1.82, 2.24) is 5.32 Å². The Morgan fingerprint density at radius 3 is 2.58 bits per heavy atom. The lowest BCUT2D eigenvalue weighted by Crippen LogP contribution is -2.61. The molecular weight excluding hydrogens is 156 g/mol. The lowest BCUT2D eigenvalue weighted by atomic mass is 9.76. The van der Waals surface area contributed by atoms with Crippen molar-refractivity contribution in [3.8, 4) is 0 Å². The third-order valence-corrected chi connectivity index (χ3v) is 2.73. The molecule has 4 heteroatoms. The first-order valence-electron chi connectivity index (χ1n) is 4.30. The van der Waals surface area contributed by atoms with Crippen LogP contribution in [0.2, 0.25) is 0 Å². The maximum absolute atomic E-state index is 10.5. The van der Waals surface area contributed by atoms with Gasteiger partial charge in [0.15, 0.2) is 0 Å². The second-order valence-electron chi connectivity index (χ2n) is 3.51. The number of rotatable bonds is 4. The number of hydrogen-bond donors (Lipinski definition) is 3. The minimum Gasteiger partial charge on any atom is -0.481 e. The third-order valence-electron chi connectivity index (χ3n) is 2.73. The predicted octanol–water partition coefficient (Wildman–Crippen LogP) is -0.212. The molecule has 0 aromatic rings. The Kier molecular flexibility index (Phi) is 2.69. The van der Waals surface area contributed by atoms with Crippen LogP contribution in [0.25, 0.3) is 0 Å². The van der Waals surface area contributed by atoms with Gasteiger partial charge in [0.05, 0.1) is 6.42 Å². The van der Waals surface area contributed by atoms with Crippen molar-refractivity contribution in [2.24, 2.45) is 11.7 Å². The van der Waals surface area contributed by atoms with Crippen molar-refractivity contribution in [3.05, 3.63) is 0 Å². The quantitative estimate of drug-likeness (QED) is 0.548. The van der Waals surface area contributed by atoms with Gasteiger partial charge in [-0.05, 0) is 6.42 Å². The number of carboxylic acid groups (broad SMARTS) is 1. The van der Waals surface area contributed by atoms with E-state index in [1.165, 1.54) is 0 Å². The first-order valence-corrected chi connectivity index (χ1v) is 4.30. The zero-order valence-electron chi connectivity index (χ0n) is 7.34. The summed E-state index contributed by atoms with van der Waals surface area (Å²) in [6.07, 6.45) is 0.807. The van der Waals surface area contributed by atoms with Crippen LogP contribution in [0.3, 0.4) is 0 Å². The van der Waals surface area contributed by atoms with Gasteiger partial charge in [0.25, 0.3) is 0 Å². The lowest BCUT2D eigenvalue weighted by Gasteiger charge is -2.41. The summed E-state index contributed by atoms with van der Waals surface area (Å²) in [5.74, 6) is -0.468. The molecular formula is C8H16N2O2. The van der Waals surface area contributed by atoms with Gasteiger partial charge in [-0.1, -0.05) is 6.92 Å². The molecule has 1 saturated heterocycles. The van der Waals surface area contributed by atoms with Crippen LogP contribution in [0.1, 0.15) is 19.8 Å². The highest BCUT2D eigenvalue weighted by molar-refractivity contribution is 5.68. The summed E-state index contributed by atoms with van der Waals surface area (Å²) in [4.78, 5) is 10.5. The van der Waals surface area contributed by atoms with E-state index in [-0.39, 0.29) is 6.42 Å². The number of hydrogen-bond acceptors (Lipinski definition) is 3. The lowest BCUT2D eigenvalue weighted by molar-refractivity contribution is -0.139. The summed E-state index contributed by atoms with van der Waals surface area (Å²) in [5.41, 5.74) is 5.48. The standard InChI is InChI=1S/C8H16N2O2/c1-2-8(9,3-7(11)12)6-4-10-5-6/h6,10H,2-5,9H2,1H3,(H,11,12). The van der Waals surface area contributed by atoms with Gasteiger partial charge in [0.2, 0.25) is 0 Å². The molecule has 0 saturated carbocycles. The molecule has 4 N–H and O–H groups in total. The van der Waals surface area contributed by atoms with Gasteiger partial charge in [0.1, 0.15) is 0 Å². The van der Waals surface area contributed by atoms with Crippen LogP contribution in [0.5, 0.6) is 0 Å². The Morgan fingerprint density at radius 1 is 1.75 bits per heavy atom. The molecule has 0 bridgehead atoms. The van der Waals surface area contributed by atoms with Crippen LogP contribution >= 0.6 is 0 Å². The summed E-state index contributed by atoms with van der Waals surface area (Å²) in [5, 5.41) is 11.7. The van der Waals surface area contributed by atoms with Gasteiger partial charge in [-0.15, -0.1) is 0 Å². The van der Waals surface area contributed by atoms with Crippen molar-refractivity contribution in [2.45, 2.75) is 25.3 Å². The largest absolute Gasteiger partial charge is 0.481 e. The zero-order chi connectivity index (χ0) is 9.19. The molecule has 0 spiro atoms. The number of carbonyl (C=O) groups is 1. The molecule has 1 atom stereocenters. The Hall–Kier alpha value is -0.610. The molecule has 0 amide bonds. The van der Waals surface area contributed by atoms with Crippen molar-refractivity contribution in [3.63, 3.8) is 0 Å². The van der Waals surface area contributed by atoms with Crippen LogP contribution in [-0.2, 0) is 4.79 Å². The Balaban J connectivity index is 2.53. The van der Waals surface area contributed by atoms with Crippen molar-refractivity contribution in [1.29, 1.82) is 0 Å². The van der Waals surface area contributed by atoms with Crippen LogP contribution in [0, 0.1) is 5.92 Å². The number of aliphatic carboxylic acids is 1. The van der Waals surface area contributed by atoms with Gasteiger partial charge in [-0.2, -0.15) is 0 Å². The Bertz CT molecular complexity index is 180. The van der Waals surface area contributed by atoms with Crippen molar-refractivity contribution >= 4 is 5.97 Å². The number of carboxylic acids is 1. The van der Waals surface area contributed by atoms with E-state index >= 15 is 0 Å². The molecule has 12 heavy (non-hydrogen) atoms. The van der Waals surface area contributed by atoms with E-state index in [2.05, 4.69) is 5.32 Å². The molecule has 0 aromatic heterocycles. The molecule has 70 valence electrons. The molecule has 1 fully saturated rings. The minimum absolute atomic E-state index is 0.0792. The van der Waals surface area contributed by atoms with Crippen molar-refractivity contribution in [2.75, 3.05) is 13.1 Å². The van der Waals surface area contributed by atoms with E-state index in [1.54, 1.807) is 0 Å². The molecule has 1 aliphatic rings. The minimum atomic E-state index is -0.800. The average Bonchev–Trinajstić information content (AvgIpc) is 1.81. The SMILES string of the molecule is CCC(N)(CC(=O)O)C1CNC1. The van der Waals surface area contributed by atoms with Gasteiger partial charge >= 0.3 is 5.97 Å². The molecule has 4 nitrogen and oxygen atoms in total. The van der Waals surface area contributed by atoms with Crippen LogP contribution < -0.4 is 11.1 Å². The maximum Gasteiger partial charge on any atom is 0.305 e. The topological polar surface area (TPSA) is 75.4 Å². The van der Waals surface area contributed by atoms with Crippen LogP contribution in [0.4, 0.5) is 0 Å². The molecule has 0 radical (unpaired) electrons. The fourth-order valence-corrected chi connectivity index (χ4v) is 1.53. The number of nitrogens with two attached hydrogens (primary N) is 1. The van der Waals surface area contributed by atoms with E-state index in [4.69, 9.17) is 10.8 Å². The van der Waals surface area contributed by atoms with E-state index in [1.807, 2.05) is 6.92 Å². The first-order chi connectivity index (χ1) is 5.58. The van der Waals surface area contributed by atoms with Gasteiger partial charge < -0.3 is 16.2 Å². The maximum atomic E-state index is 10.5. The first kappa shape index (κ1) is 9.48. The second-order valence-corrected chi connectivity index (χ2v) is 3.51. The summed E-state index contributed by atoms with van der Waals surface area (Å²) < 4.78 is 0. The summed E-state index contributed by atoms with van der Waals surface area (Å²) in [7, 11) is 0. The summed E-state index contributed by atoms with van der Waals surface area (Å²) >= 11 is 0. The van der Waals surface area contributed by atoms with Gasteiger partial charge in [-0.3, -0.25) is 4.79 Å². The zero-order valence-corrected chi connectivity index (χ0v) is 7.34. The predicted molar refractivity (Wildman–Crippen MR) is 45.8 cm³/mol. The third kappa shape index (κ3) is 1.76. The van der Waals surface area contributed by atoms with Crippen LogP contribution in [0.15, 0.2) is 0 Å². The smallest absolute Gasteiger partial charge is 0.305 e. The fraction of sp³-hybridized carbons (Fsp3) is 0.875. The van der Waals surface area contributed by atoms with E-state index in [0.717, 1.165) is 19.5 Å². The molecule has 1 aliphatic heterocycles. The Morgan fingerprint density at radius 2 is 2.33 bits per heavy atom. The molecule has 0 aromatic carbocycles. The molecule has 0 aliphatic carbocycles. The summed E-state index contributed by atoms with van der Waals surface area (Å²) in [6.45, 7) is 3.66.